The van der Waals surface area contributed by atoms with Gasteiger partial charge in [0.05, 0.1) is 5.54 Å². The van der Waals surface area contributed by atoms with Gasteiger partial charge < -0.3 is 22.1 Å². The fourth-order valence-corrected chi connectivity index (χ4v) is 3.62. The summed E-state index contributed by atoms with van der Waals surface area (Å²) in [6, 6.07) is 21.7. The third kappa shape index (κ3) is 4.17. The number of nitrogens with zero attached hydrogens (tertiary/aromatic N) is 1. The van der Waals surface area contributed by atoms with Gasteiger partial charge in [-0.2, -0.15) is 0 Å². The zero-order chi connectivity index (χ0) is 21.0. The first-order valence-electron chi connectivity index (χ1n) is 9.65. The zero-order valence-electron chi connectivity index (χ0n) is 16.4. The lowest BCUT2D eigenvalue weighted by Gasteiger charge is -2.36. The second kappa shape index (κ2) is 8.13. The fourth-order valence-electron chi connectivity index (χ4n) is 3.62. The van der Waals surface area contributed by atoms with Gasteiger partial charge in [0.1, 0.15) is 5.82 Å². The molecule has 0 saturated carbocycles. The molecule has 6 heteroatoms. The summed E-state index contributed by atoms with van der Waals surface area (Å²) in [4.78, 5) is 16.0. The number of aromatic nitrogens is 1. The number of carbonyl (C=O) groups excluding carboxylic acids is 1. The van der Waals surface area contributed by atoms with Gasteiger partial charge in [-0.15, -0.1) is 0 Å². The average Bonchev–Trinajstić information content (AvgIpc) is 2.75. The molecule has 3 aromatic rings. The quantitative estimate of drug-likeness (QED) is 0.501. The summed E-state index contributed by atoms with van der Waals surface area (Å²) in [7, 11) is 0. The molecule has 0 saturated heterocycles. The van der Waals surface area contributed by atoms with Gasteiger partial charge in [0.25, 0.3) is 0 Å². The number of pyridine rings is 1. The maximum atomic E-state index is 11.9. The number of nitrogens with two attached hydrogens (primary N) is 2. The van der Waals surface area contributed by atoms with Crippen molar-refractivity contribution in [1.82, 2.24) is 4.98 Å². The summed E-state index contributed by atoms with van der Waals surface area (Å²) < 4.78 is 0. The number of nitrogens with one attached hydrogen (secondary N) is 2. The van der Waals surface area contributed by atoms with Crippen molar-refractivity contribution in [3.8, 4) is 0 Å². The molecule has 30 heavy (non-hydrogen) atoms. The van der Waals surface area contributed by atoms with Gasteiger partial charge in [-0.3, -0.25) is 4.79 Å². The Morgan fingerprint density at radius 3 is 2.53 bits per heavy atom. The van der Waals surface area contributed by atoms with Crippen LogP contribution in [0.4, 0.5) is 22.9 Å². The molecule has 2 aromatic carbocycles. The van der Waals surface area contributed by atoms with Crippen molar-refractivity contribution in [3.05, 3.63) is 102 Å². The second-order valence-corrected chi connectivity index (χ2v) is 7.23. The van der Waals surface area contributed by atoms with E-state index in [9.17, 15) is 4.79 Å². The summed E-state index contributed by atoms with van der Waals surface area (Å²) in [5, 5.41) is 6.96. The van der Waals surface area contributed by atoms with Crippen LogP contribution in [0.1, 0.15) is 12.0 Å². The van der Waals surface area contributed by atoms with Gasteiger partial charge in [-0.25, -0.2) is 4.98 Å². The molecule has 4 rings (SSSR count). The normalized spacial score (nSPS) is 17.8. The number of amides is 1. The van der Waals surface area contributed by atoms with E-state index in [0.717, 1.165) is 22.6 Å². The number of hydrogen-bond acceptors (Lipinski definition) is 5. The van der Waals surface area contributed by atoms with Crippen LogP contribution in [-0.4, -0.2) is 10.9 Å². The SMILES string of the molecule is NC(=O)C1=CC=CC(Nc2ccnc(N)c2)(c2cccc(Nc3ccccc3)c2)C1. The van der Waals surface area contributed by atoms with Gasteiger partial charge in [0, 0.05) is 41.3 Å². The van der Waals surface area contributed by atoms with E-state index in [-0.39, 0.29) is 0 Å². The topological polar surface area (TPSA) is 106 Å². The van der Waals surface area contributed by atoms with Crippen molar-refractivity contribution in [3.63, 3.8) is 0 Å². The molecular weight excluding hydrogens is 374 g/mol. The Balaban J connectivity index is 1.73. The Bertz CT molecular complexity index is 1120. The highest BCUT2D eigenvalue weighted by molar-refractivity contribution is 5.93. The predicted molar refractivity (Wildman–Crippen MR) is 121 cm³/mol. The summed E-state index contributed by atoms with van der Waals surface area (Å²) in [6.45, 7) is 0. The van der Waals surface area contributed by atoms with Crippen molar-refractivity contribution in [2.24, 2.45) is 5.73 Å². The van der Waals surface area contributed by atoms with E-state index in [1.165, 1.54) is 0 Å². The Kier molecular flexibility index (Phi) is 5.22. The number of anilines is 4. The molecule has 1 unspecified atom stereocenters. The number of carbonyl (C=O) groups is 1. The van der Waals surface area contributed by atoms with Crippen molar-refractivity contribution >= 4 is 28.8 Å². The van der Waals surface area contributed by atoms with E-state index < -0.39 is 11.4 Å². The van der Waals surface area contributed by atoms with Gasteiger partial charge in [-0.1, -0.05) is 48.6 Å². The molecule has 1 aliphatic carbocycles. The Hall–Kier alpha value is -4.06. The number of rotatable bonds is 6. The number of allylic oxidation sites excluding steroid dienone is 2. The predicted octanol–water partition coefficient (Wildman–Crippen LogP) is 4.09. The second-order valence-electron chi connectivity index (χ2n) is 7.23. The van der Waals surface area contributed by atoms with Crippen molar-refractivity contribution in [1.29, 1.82) is 0 Å². The molecular formula is C24H23N5O. The maximum absolute atomic E-state index is 11.9. The summed E-state index contributed by atoms with van der Waals surface area (Å²) in [6.07, 6.45) is 7.72. The number of benzene rings is 2. The minimum absolute atomic E-state index is 0.413. The van der Waals surface area contributed by atoms with Crippen LogP contribution < -0.4 is 22.1 Å². The lowest BCUT2D eigenvalue weighted by Crippen LogP contribution is -2.37. The number of primary amides is 1. The molecule has 1 amide bonds. The zero-order valence-corrected chi connectivity index (χ0v) is 16.4. The van der Waals surface area contributed by atoms with E-state index in [0.29, 0.717) is 17.8 Å². The molecule has 0 spiro atoms. The van der Waals surface area contributed by atoms with Crippen LogP contribution >= 0.6 is 0 Å². The van der Waals surface area contributed by atoms with Gasteiger partial charge in [-0.05, 0) is 35.9 Å². The van der Waals surface area contributed by atoms with Gasteiger partial charge in [0.2, 0.25) is 5.91 Å². The average molecular weight is 397 g/mol. The van der Waals surface area contributed by atoms with Crippen LogP contribution in [0.25, 0.3) is 0 Å². The molecule has 1 heterocycles. The summed E-state index contributed by atoms with van der Waals surface area (Å²) in [5.41, 5.74) is 15.1. The van der Waals surface area contributed by atoms with E-state index in [1.54, 1.807) is 18.3 Å². The molecule has 1 atom stereocenters. The minimum Gasteiger partial charge on any atom is -0.384 e. The van der Waals surface area contributed by atoms with E-state index in [2.05, 4.69) is 21.7 Å². The first-order valence-corrected chi connectivity index (χ1v) is 9.65. The van der Waals surface area contributed by atoms with Crippen LogP contribution in [0.2, 0.25) is 0 Å². The first kappa shape index (κ1) is 19.3. The summed E-state index contributed by atoms with van der Waals surface area (Å²) >= 11 is 0. The molecule has 0 fully saturated rings. The lowest BCUT2D eigenvalue weighted by molar-refractivity contribution is -0.114. The van der Waals surface area contributed by atoms with Crippen LogP contribution in [0, 0.1) is 0 Å². The highest BCUT2D eigenvalue weighted by Gasteiger charge is 2.34. The molecule has 0 bridgehead atoms. The largest absolute Gasteiger partial charge is 0.384 e. The molecule has 1 aliphatic rings. The number of nitrogen functional groups attached to an aromatic ring is 1. The molecule has 1 aromatic heterocycles. The Morgan fingerprint density at radius 2 is 1.77 bits per heavy atom. The molecule has 150 valence electrons. The molecule has 6 nitrogen and oxygen atoms in total. The van der Waals surface area contributed by atoms with E-state index in [4.69, 9.17) is 11.5 Å². The molecule has 0 aliphatic heterocycles. The smallest absolute Gasteiger partial charge is 0.244 e. The van der Waals surface area contributed by atoms with Gasteiger partial charge >= 0.3 is 0 Å². The number of hydrogen-bond donors (Lipinski definition) is 4. The Morgan fingerprint density at radius 1 is 0.967 bits per heavy atom. The van der Waals surface area contributed by atoms with Crippen LogP contribution in [-0.2, 0) is 10.3 Å². The third-order valence-corrected chi connectivity index (χ3v) is 5.05. The third-order valence-electron chi connectivity index (χ3n) is 5.05. The van der Waals surface area contributed by atoms with Crippen molar-refractivity contribution < 1.29 is 4.79 Å². The van der Waals surface area contributed by atoms with Crippen molar-refractivity contribution in [2.75, 3.05) is 16.4 Å². The maximum Gasteiger partial charge on any atom is 0.244 e. The van der Waals surface area contributed by atoms with Crippen molar-refractivity contribution in [2.45, 2.75) is 12.0 Å². The van der Waals surface area contributed by atoms with Crippen LogP contribution in [0.5, 0.6) is 0 Å². The minimum atomic E-state index is -0.665. The number of para-hydroxylation sites is 1. The monoisotopic (exact) mass is 397 g/mol. The van der Waals surface area contributed by atoms with Crippen LogP contribution in [0.15, 0.2) is 96.7 Å². The van der Waals surface area contributed by atoms with E-state index >= 15 is 0 Å². The van der Waals surface area contributed by atoms with E-state index in [1.807, 2.05) is 66.7 Å². The molecule has 6 N–H and O–H groups in total. The fraction of sp³-hybridized carbons (Fsp3) is 0.0833. The lowest BCUT2D eigenvalue weighted by atomic mass is 9.80. The van der Waals surface area contributed by atoms with Crippen LogP contribution in [0.3, 0.4) is 0 Å². The highest BCUT2D eigenvalue weighted by atomic mass is 16.1. The molecule has 0 radical (unpaired) electrons. The highest BCUT2D eigenvalue weighted by Crippen LogP contribution is 2.38. The van der Waals surface area contributed by atoms with Gasteiger partial charge in [0.15, 0.2) is 0 Å². The first-order chi connectivity index (χ1) is 14.5. The standard InChI is InChI=1S/C24H23N5O/c25-22-15-21(11-13-27-22)29-24(12-5-6-17(16-24)23(26)30)18-7-4-10-20(14-18)28-19-8-2-1-3-9-19/h1-15,28H,16H2,(H2,26,30)(H3,25,27,29). The Labute approximate surface area is 175 Å². The summed E-state index contributed by atoms with van der Waals surface area (Å²) in [5.74, 6) is -0.0153.